The van der Waals surface area contributed by atoms with Gasteiger partial charge in [0.2, 0.25) is 0 Å². The quantitative estimate of drug-likeness (QED) is 0.705. The smallest absolute Gasteiger partial charge is 0.318 e. The Bertz CT molecular complexity index is 227. The Kier molecular flexibility index (Phi) is 6.80. The van der Waals surface area contributed by atoms with Crippen molar-refractivity contribution in [3.8, 4) is 0 Å². The van der Waals surface area contributed by atoms with E-state index in [1.807, 2.05) is 41.5 Å². The fraction of sp³-hybridized carbons (Fsp3) is 1.00. The van der Waals surface area contributed by atoms with Crippen molar-refractivity contribution in [2.75, 3.05) is 0 Å². The lowest BCUT2D eigenvalue weighted by Gasteiger charge is -2.28. The van der Waals surface area contributed by atoms with Crippen LogP contribution in [-0.4, -0.2) is 18.0 Å². The first-order chi connectivity index (χ1) is 7.17. The molecule has 0 amide bonds. The maximum absolute atomic E-state index is 12.5. The van der Waals surface area contributed by atoms with Crippen molar-refractivity contribution in [2.24, 2.45) is 11.7 Å². The van der Waals surface area contributed by atoms with Crippen LogP contribution in [0.1, 0.15) is 48.0 Å². The van der Waals surface area contributed by atoms with Crippen molar-refractivity contribution in [1.82, 2.24) is 0 Å². The van der Waals surface area contributed by atoms with Gasteiger partial charge in [-0.15, -0.1) is 0 Å². The predicted octanol–water partition coefficient (Wildman–Crippen LogP) is 3.36. The molecule has 0 fully saturated rings. The first-order valence-corrected chi connectivity index (χ1v) is 7.50. The lowest BCUT2D eigenvalue weighted by atomic mass is 10.1. The molecule has 0 aliphatic rings. The monoisotopic (exact) mass is 251 g/mol. The standard InChI is InChI=1S/C11H26NO3P/c1-8(2)7-11(12)16(13,14-9(3)4)15-10(5)6/h8-11H,7,12H2,1-6H3/t11-/m1/s1. The summed E-state index contributed by atoms with van der Waals surface area (Å²) in [6, 6.07) is 0. The van der Waals surface area contributed by atoms with Gasteiger partial charge >= 0.3 is 7.60 Å². The maximum Gasteiger partial charge on any atom is 0.347 e. The van der Waals surface area contributed by atoms with E-state index < -0.39 is 13.4 Å². The van der Waals surface area contributed by atoms with Crippen molar-refractivity contribution >= 4 is 7.60 Å². The van der Waals surface area contributed by atoms with E-state index >= 15 is 0 Å². The number of hydrogen-bond acceptors (Lipinski definition) is 4. The minimum Gasteiger partial charge on any atom is -0.318 e. The molecule has 0 heterocycles. The fourth-order valence-electron chi connectivity index (χ4n) is 1.38. The van der Waals surface area contributed by atoms with E-state index in [9.17, 15) is 4.57 Å². The zero-order valence-electron chi connectivity index (χ0n) is 11.3. The molecule has 0 aliphatic carbocycles. The molecule has 0 aromatic carbocycles. The highest BCUT2D eigenvalue weighted by molar-refractivity contribution is 7.54. The summed E-state index contributed by atoms with van der Waals surface area (Å²) < 4.78 is 23.3. The molecule has 2 N–H and O–H groups in total. The van der Waals surface area contributed by atoms with Gasteiger partial charge in [-0.05, 0) is 40.0 Å². The molecule has 98 valence electrons. The van der Waals surface area contributed by atoms with E-state index in [-0.39, 0.29) is 12.2 Å². The third-order valence-electron chi connectivity index (χ3n) is 1.83. The van der Waals surface area contributed by atoms with E-state index in [4.69, 9.17) is 14.8 Å². The van der Waals surface area contributed by atoms with Crippen molar-refractivity contribution in [3.63, 3.8) is 0 Å². The zero-order valence-corrected chi connectivity index (χ0v) is 12.2. The second kappa shape index (κ2) is 6.75. The molecular weight excluding hydrogens is 225 g/mol. The van der Waals surface area contributed by atoms with Gasteiger partial charge in [0.05, 0.1) is 12.2 Å². The summed E-state index contributed by atoms with van der Waals surface area (Å²) in [6.07, 6.45) is 0.335. The maximum atomic E-state index is 12.5. The minimum absolute atomic E-state index is 0.150. The van der Waals surface area contributed by atoms with Crippen molar-refractivity contribution < 1.29 is 13.6 Å². The molecule has 0 aromatic heterocycles. The van der Waals surface area contributed by atoms with Crippen molar-refractivity contribution in [3.05, 3.63) is 0 Å². The summed E-state index contributed by atoms with van der Waals surface area (Å²) in [4.78, 5) is 0. The Labute approximate surface area is 99.4 Å². The summed E-state index contributed by atoms with van der Waals surface area (Å²) in [5.74, 6) is -0.174. The molecular formula is C11H26NO3P. The van der Waals surface area contributed by atoms with E-state index in [1.54, 1.807) is 0 Å². The van der Waals surface area contributed by atoms with Crippen LogP contribution in [0.5, 0.6) is 0 Å². The summed E-state index contributed by atoms with van der Waals surface area (Å²) >= 11 is 0. The third kappa shape index (κ3) is 6.00. The van der Waals surface area contributed by atoms with Gasteiger partial charge in [-0.2, -0.15) is 0 Å². The molecule has 0 saturated heterocycles. The molecule has 0 unspecified atom stereocenters. The van der Waals surface area contributed by atoms with E-state index in [0.717, 1.165) is 0 Å². The normalized spacial score (nSPS) is 15.1. The van der Waals surface area contributed by atoms with Gasteiger partial charge < -0.3 is 14.8 Å². The lowest BCUT2D eigenvalue weighted by molar-refractivity contribution is 0.135. The van der Waals surface area contributed by atoms with Crippen LogP contribution in [0.2, 0.25) is 0 Å². The van der Waals surface area contributed by atoms with Gasteiger partial charge in [0, 0.05) is 0 Å². The van der Waals surface area contributed by atoms with Gasteiger partial charge in [0.25, 0.3) is 0 Å². The highest BCUT2D eigenvalue weighted by Crippen LogP contribution is 2.54. The van der Waals surface area contributed by atoms with Crippen LogP contribution in [-0.2, 0) is 13.6 Å². The van der Waals surface area contributed by atoms with Crippen LogP contribution in [0.4, 0.5) is 0 Å². The summed E-state index contributed by atoms with van der Waals surface area (Å²) in [5.41, 5.74) is 5.94. The Morgan fingerprint density at radius 1 is 1.00 bits per heavy atom. The van der Waals surface area contributed by atoms with Crippen molar-refractivity contribution in [1.29, 1.82) is 0 Å². The fourth-order valence-corrected chi connectivity index (χ4v) is 3.60. The number of hydrogen-bond donors (Lipinski definition) is 1. The molecule has 0 saturated carbocycles. The van der Waals surface area contributed by atoms with Crippen LogP contribution in [0.15, 0.2) is 0 Å². The molecule has 0 radical (unpaired) electrons. The highest BCUT2D eigenvalue weighted by Gasteiger charge is 2.35. The second-order valence-corrected chi connectivity index (χ2v) is 7.21. The Morgan fingerprint density at radius 2 is 1.38 bits per heavy atom. The SMILES string of the molecule is CC(C)C[C@H](N)P(=O)(OC(C)C)OC(C)C. The molecule has 1 atom stereocenters. The summed E-state index contributed by atoms with van der Waals surface area (Å²) in [7, 11) is -3.20. The van der Waals surface area contributed by atoms with Crippen LogP contribution in [0.3, 0.4) is 0 Å². The Balaban J connectivity index is 4.70. The Morgan fingerprint density at radius 3 is 1.62 bits per heavy atom. The van der Waals surface area contributed by atoms with E-state index in [2.05, 4.69) is 0 Å². The molecule has 0 rings (SSSR count). The average molecular weight is 251 g/mol. The van der Waals surface area contributed by atoms with Crippen LogP contribution < -0.4 is 5.73 Å². The van der Waals surface area contributed by atoms with Gasteiger partial charge in [-0.25, -0.2) is 0 Å². The topological polar surface area (TPSA) is 61.6 Å². The van der Waals surface area contributed by atoms with Crippen LogP contribution in [0.25, 0.3) is 0 Å². The molecule has 16 heavy (non-hydrogen) atoms. The van der Waals surface area contributed by atoms with E-state index in [0.29, 0.717) is 12.3 Å². The van der Waals surface area contributed by atoms with Gasteiger partial charge in [-0.1, -0.05) is 13.8 Å². The number of nitrogens with two attached hydrogens (primary N) is 1. The van der Waals surface area contributed by atoms with Gasteiger partial charge in [0.15, 0.2) is 0 Å². The summed E-state index contributed by atoms with van der Waals surface area (Å²) in [5, 5.41) is 0. The van der Waals surface area contributed by atoms with Crippen LogP contribution in [0, 0.1) is 5.92 Å². The Hall–Kier alpha value is 0.110. The average Bonchev–Trinajstić information content (AvgIpc) is 1.98. The molecule has 0 aliphatic heterocycles. The second-order valence-electron chi connectivity index (χ2n) is 5.05. The van der Waals surface area contributed by atoms with Gasteiger partial charge in [-0.3, -0.25) is 4.57 Å². The molecule has 4 nitrogen and oxygen atoms in total. The third-order valence-corrected chi connectivity index (χ3v) is 4.29. The number of rotatable bonds is 7. The predicted molar refractivity (Wildman–Crippen MR) is 67.5 cm³/mol. The van der Waals surface area contributed by atoms with Crippen molar-refractivity contribution in [2.45, 2.75) is 66.0 Å². The molecule has 0 aromatic rings. The minimum atomic E-state index is -3.20. The first-order valence-electron chi connectivity index (χ1n) is 5.89. The first kappa shape index (κ1) is 16.1. The summed E-state index contributed by atoms with van der Waals surface area (Å²) in [6.45, 7) is 11.4. The van der Waals surface area contributed by atoms with Crippen LogP contribution >= 0.6 is 7.60 Å². The highest BCUT2D eigenvalue weighted by atomic mass is 31.2. The van der Waals surface area contributed by atoms with Gasteiger partial charge in [0.1, 0.15) is 5.78 Å². The molecule has 0 bridgehead atoms. The molecule has 0 spiro atoms. The molecule has 5 heteroatoms. The zero-order chi connectivity index (χ0) is 12.9. The lowest BCUT2D eigenvalue weighted by Crippen LogP contribution is -2.27. The van der Waals surface area contributed by atoms with E-state index in [1.165, 1.54) is 0 Å². The largest absolute Gasteiger partial charge is 0.347 e.